The zero-order valence-electron chi connectivity index (χ0n) is 13.2. The van der Waals surface area contributed by atoms with Gasteiger partial charge in [-0.1, -0.05) is 0 Å². The van der Waals surface area contributed by atoms with Crippen LogP contribution in [-0.2, 0) is 0 Å². The Kier molecular flexibility index (Phi) is 4.51. The molecule has 0 aliphatic heterocycles. The molecule has 0 fully saturated rings. The number of nitrogens with zero attached hydrogens (tertiary/aromatic N) is 3. The van der Waals surface area contributed by atoms with Crippen LogP contribution in [-0.4, -0.2) is 37.6 Å². The van der Waals surface area contributed by atoms with Crippen LogP contribution in [0.5, 0.6) is 0 Å². The van der Waals surface area contributed by atoms with Crippen molar-refractivity contribution in [3.63, 3.8) is 0 Å². The summed E-state index contributed by atoms with van der Waals surface area (Å²) in [6.45, 7) is 6.79. The molecule has 0 bridgehead atoms. The van der Waals surface area contributed by atoms with E-state index in [9.17, 15) is 9.90 Å². The van der Waals surface area contributed by atoms with Gasteiger partial charge in [0.1, 0.15) is 0 Å². The standard InChI is InChI=1S/C16H20N4O2/c1-10-13(15(21)20-11(2)16(3,4)22)9-18-14(19-10)12-6-5-7-17-8-12/h5-9,11,22H,1-4H3,(H,20,21). The summed E-state index contributed by atoms with van der Waals surface area (Å²) < 4.78 is 0. The van der Waals surface area contributed by atoms with E-state index in [1.165, 1.54) is 6.20 Å². The highest BCUT2D eigenvalue weighted by molar-refractivity contribution is 5.95. The number of aromatic nitrogens is 3. The summed E-state index contributed by atoms with van der Waals surface area (Å²) in [6, 6.07) is 3.27. The summed E-state index contributed by atoms with van der Waals surface area (Å²) in [7, 11) is 0. The lowest BCUT2D eigenvalue weighted by atomic mass is 10.0. The molecule has 2 aromatic rings. The van der Waals surface area contributed by atoms with Crippen molar-refractivity contribution in [2.75, 3.05) is 0 Å². The fraction of sp³-hybridized carbons (Fsp3) is 0.375. The Labute approximate surface area is 129 Å². The molecule has 0 aliphatic rings. The Bertz CT molecular complexity index is 666. The molecule has 1 unspecified atom stereocenters. The second kappa shape index (κ2) is 6.19. The predicted octanol–water partition coefficient (Wildman–Crippen LogP) is 1.74. The zero-order chi connectivity index (χ0) is 16.3. The van der Waals surface area contributed by atoms with Crippen molar-refractivity contribution in [1.82, 2.24) is 20.3 Å². The van der Waals surface area contributed by atoms with E-state index in [4.69, 9.17) is 0 Å². The van der Waals surface area contributed by atoms with E-state index in [2.05, 4.69) is 20.3 Å². The number of aryl methyl sites for hydroxylation is 1. The Morgan fingerprint density at radius 1 is 1.36 bits per heavy atom. The molecular formula is C16H20N4O2. The molecule has 2 aromatic heterocycles. The first-order chi connectivity index (χ1) is 10.3. The summed E-state index contributed by atoms with van der Waals surface area (Å²) in [5, 5.41) is 12.6. The smallest absolute Gasteiger partial charge is 0.255 e. The van der Waals surface area contributed by atoms with Crippen LogP contribution in [0.3, 0.4) is 0 Å². The lowest BCUT2D eigenvalue weighted by Gasteiger charge is -2.26. The molecule has 1 amide bonds. The molecule has 0 saturated carbocycles. The largest absolute Gasteiger partial charge is 0.388 e. The molecule has 6 nitrogen and oxygen atoms in total. The van der Waals surface area contributed by atoms with Crippen molar-refractivity contribution >= 4 is 5.91 Å². The van der Waals surface area contributed by atoms with Gasteiger partial charge in [-0.15, -0.1) is 0 Å². The van der Waals surface area contributed by atoms with Crippen molar-refractivity contribution in [3.8, 4) is 11.4 Å². The van der Waals surface area contributed by atoms with Crippen molar-refractivity contribution < 1.29 is 9.90 Å². The molecule has 2 N–H and O–H groups in total. The van der Waals surface area contributed by atoms with Crippen molar-refractivity contribution in [3.05, 3.63) is 42.0 Å². The summed E-state index contributed by atoms with van der Waals surface area (Å²) >= 11 is 0. The quantitative estimate of drug-likeness (QED) is 0.898. The van der Waals surface area contributed by atoms with Gasteiger partial charge in [0.2, 0.25) is 0 Å². The number of aliphatic hydroxyl groups is 1. The molecule has 22 heavy (non-hydrogen) atoms. The minimum atomic E-state index is -1.000. The van der Waals surface area contributed by atoms with Gasteiger partial charge in [-0.3, -0.25) is 9.78 Å². The van der Waals surface area contributed by atoms with Gasteiger partial charge in [0.25, 0.3) is 5.91 Å². The van der Waals surface area contributed by atoms with Crippen LogP contribution in [0, 0.1) is 6.92 Å². The highest BCUT2D eigenvalue weighted by Crippen LogP contribution is 2.15. The molecule has 6 heteroatoms. The molecule has 116 valence electrons. The Morgan fingerprint density at radius 3 is 2.64 bits per heavy atom. The number of amides is 1. The fourth-order valence-corrected chi connectivity index (χ4v) is 1.78. The summed E-state index contributed by atoms with van der Waals surface area (Å²) in [5.74, 6) is 0.225. The average Bonchev–Trinajstić information content (AvgIpc) is 2.46. The number of pyridine rings is 1. The second-order valence-electron chi connectivity index (χ2n) is 5.78. The Morgan fingerprint density at radius 2 is 2.09 bits per heavy atom. The van der Waals surface area contributed by atoms with Crippen LogP contribution in [0.25, 0.3) is 11.4 Å². The van der Waals surface area contributed by atoms with Crippen LogP contribution >= 0.6 is 0 Å². The maximum atomic E-state index is 12.3. The highest BCUT2D eigenvalue weighted by Gasteiger charge is 2.25. The fourth-order valence-electron chi connectivity index (χ4n) is 1.78. The normalized spacial score (nSPS) is 12.8. The van der Waals surface area contributed by atoms with Gasteiger partial charge >= 0.3 is 0 Å². The molecule has 0 aliphatic carbocycles. The Balaban J connectivity index is 2.22. The maximum Gasteiger partial charge on any atom is 0.255 e. The Hall–Kier alpha value is -2.34. The monoisotopic (exact) mass is 300 g/mol. The van der Waals surface area contributed by atoms with Gasteiger partial charge in [0.15, 0.2) is 5.82 Å². The molecule has 2 heterocycles. The minimum absolute atomic E-state index is 0.301. The maximum absolute atomic E-state index is 12.3. The number of rotatable bonds is 4. The van der Waals surface area contributed by atoms with E-state index in [1.54, 1.807) is 46.2 Å². The topological polar surface area (TPSA) is 88.0 Å². The van der Waals surface area contributed by atoms with Crippen LogP contribution in [0.4, 0.5) is 0 Å². The van der Waals surface area contributed by atoms with Gasteiger partial charge in [-0.2, -0.15) is 0 Å². The van der Waals surface area contributed by atoms with Crippen molar-refractivity contribution in [2.45, 2.75) is 39.3 Å². The predicted molar refractivity (Wildman–Crippen MR) is 83.2 cm³/mol. The first-order valence-corrected chi connectivity index (χ1v) is 7.06. The van der Waals surface area contributed by atoms with Gasteiger partial charge in [-0.25, -0.2) is 9.97 Å². The molecule has 0 radical (unpaired) electrons. The molecular weight excluding hydrogens is 280 g/mol. The third-order valence-corrected chi connectivity index (χ3v) is 3.55. The number of hydrogen-bond acceptors (Lipinski definition) is 5. The lowest BCUT2D eigenvalue weighted by Crippen LogP contribution is -2.47. The SMILES string of the molecule is Cc1nc(-c2cccnc2)ncc1C(=O)NC(C)C(C)(C)O. The third kappa shape index (κ3) is 3.65. The number of carbonyl (C=O) groups excluding carboxylic acids is 1. The number of nitrogens with one attached hydrogen (secondary N) is 1. The van der Waals surface area contributed by atoms with Crippen LogP contribution in [0.2, 0.25) is 0 Å². The van der Waals surface area contributed by atoms with E-state index in [1.807, 2.05) is 6.07 Å². The summed E-state index contributed by atoms with van der Waals surface area (Å²) in [4.78, 5) is 24.9. The van der Waals surface area contributed by atoms with E-state index < -0.39 is 11.6 Å². The van der Waals surface area contributed by atoms with E-state index in [0.717, 1.165) is 5.56 Å². The minimum Gasteiger partial charge on any atom is -0.388 e. The zero-order valence-corrected chi connectivity index (χ0v) is 13.2. The number of carbonyl (C=O) groups is 1. The second-order valence-corrected chi connectivity index (χ2v) is 5.78. The van der Waals surface area contributed by atoms with E-state index >= 15 is 0 Å². The van der Waals surface area contributed by atoms with Crippen molar-refractivity contribution in [1.29, 1.82) is 0 Å². The highest BCUT2D eigenvalue weighted by atomic mass is 16.3. The first-order valence-electron chi connectivity index (χ1n) is 7.06. The summed E-state index contributed by atoms with van der Waals surface area (Å²) in [5.41, 5.74) is 0.764. The van der Waals surface area contributed by atoms with Gasteiger partial charge in [-0.05, 0) is 39.8 Å². The van der Waals surface area contributed by atoms with E-state index in [-0.39, 0.29) is 5.91 Å². The van der Waals surface area contributed by atoms with Crippen LogP contribution < -0.4 is 5.32 Å². The first kappa shape index (κ1) is 16.0. The summed E-state index contributed by atoms with van der Waals surface area (Å²) in [6.07, 6.45) is 4.85. The molecule has 2 rings (SSSR count). The number of hydrogen-bond donors (Lipinski definition) is 2. The van der Waals surface area contributed by atoms with Gasteiger partial charge in [0.05, 0.1) is 22.9 Å². The average molecular weight is 300 g/mol. The van der Waals surface area contributed by atoms with E-state index in [0.29, 0.717) is 17.1 Å². The molecule has 0 spiro atoms. The van der Waals surface area contributed by atoms with Crippen LogP contribution in [0.15, 0.2) is 30.7 Å². The molecule has 0 saturated heterocycles. The van der Waals surface area contributed by atoms with Gasteiger partial charge in [0, 0.05) is 24.2 Å². The molecule has 1 atom stereocenters. The molecule has 0 aromatic carbocycles. The van der Waals surface area contributed by atoms with Gasteiger partial charge < -0.3 is 10.4 Å². The van der Waals surface area contributed by atoms with Crippen LogP contribution in [0.1, 0.15) is 36.8 Å². The van der Waals surface area contributed by atoms with Crippen molar-refractivity contribution in [2.24, 2.45) is 0 Å². The lowest BCUT2D eigenvalue weighted by molar-refractivity contribution is 0.0408. The third-order valence-electron chi connectivity index (χ3n) is 3.55.